The van der Waals surface area contributed by atoms with E-state index in [0.717, 1.165) is 41.9 Å². The zero-order chi connectivity index (χ0) is 13.0. The molecule has 5 fully saturated rings. The lowest BCUT2D eigenvalue weighted by atomic mass is 9.60. The Morgan fingerprint density at radius 2 is 1.21 bits per heavy atom. The molecule has 1 heterocycles. The minimum absolute atomic E-state index is 0.0422. The number of hydrogen-bond acceptors (Lipinski definition) is 2. The van der Waals surface area contributed by atoms with Crippen molar-refractivity contribution in [2.45, 2.75) is 26.7 Å². The maximum atomic E-state index is 12.1. The molecule has 0 aromatic heterocycles. The first-order chi connectivity index (χ1) is 9.09. The molecule has 1 saturated heterocycles. The Kier molecular flexibility index (Phi) is 1.76. The van der Waals surface area contributed by atoms with Crippen LogP contribution in [0.4, 0.5) is 0 Å². The average molecular weight is 259 g/mol. The van der Waals surface area contributed by atoms with Gasteiger partial charge in [-0.25, -0.2) is 0 Å². The molecule has 0 aromatic carbocycles. The summed E-state index contributed by atoms with van der Waals surface area (Å²) in [5, 5.41) is 2.60. The van der Waals surface area contributed by atoms with Crippen molar-refractivity contribution in [3.8, 4) is 0 Å². The van der Waals surface area contributed by atoms with Crippen LogP contribution in [0.2, 0.25) is 0 Å². The van der Waals surface area contributed by atoms with Crippen molar-refractivity contribution in [2.75, 3.05) is 0 Å². The second kappa shape index (κ2) is 3.07. The minimum Gasteiger partial charge on any atom is -0.296 e. The lowest BCUT2D eigenvalue weighted by molar-refractivity contribution is -0.127. The van der Waals surface area contributed by atoms with Crippen molar-refractivity contribution < 1.29 is 9.59 Å². The summed E-state index contributed by atoms with van der Waals surface area (Å²) in [4.78, 5) is 24.1. The molecule has 5 aliphatic rings. The van der Waals surface area contributed by atoms with Gasteiger partial charge in [0.25, 0.3) is 0 Å². The summed E-state index contributed by atoms with van der Waals surface area (Å²) in [5.41, 5.74) is 0. The molecule has 10 atom stereocenters. The Hall–Kier alpha value is -0.860. The highest BCUT2D eigenvalue weighted by Crippen LogP contribution is 2.73. The third-order valence-corrected chi connectivity index (χ3v) is 7.85. The van der Waals surface area contributed by atoms with Crippen LogP contribution in [0, 0.1) is 59.2 Å². The summed E-state index contributed by atoms with van der Waals surface area (Å²) in [7, 11) is 0. The number of fused-ring (bicyclic) bond motifs is 12. The summed E-state index contributed by atoms with van der Waals surface area (Å²) < 4.78 is 0. The highest BCUT2D eigenvalue weighted by molar-refractivity contribution is 6.06. The van der Waals surface area contributed by atoms with Crippen molar-refractivity contribution in [1.29, 1.82) is 0 Å². The number of hydrogen-bond donors (Lipinski definition) is 1. The molecule has 0 spiro atoms. The van der Waals surface area contributed by atoms with Gasteiger partial charge in [-0.2, -0.15) is 0 Å². The van der Waals surface area contributed by atoms with Crippen LogP contribution in [0.15, 0.2) is 0 Å². The average Bonchev–Trinajstić information content (AvgIpc) is 3.09. The first kappa shape index (κ1) is 10.9. The van der Waals surface area contributed by atoms with Crippen LogP contribution < -0.4 is 5.32 Å². The zero-order valence-corrected chi connectivity index (χ0v) is 11.5. The van der Waals surface area contributed by atoms with Crippen molar-refractivity contribution in [2.24, 2.45) is 59.2 Å². The molecule has 10 unspecified atom stereocenters. The smallest absolute Gasteiger partial charge is 0.230 e. The first-order valence-electron chi connectivity index (χ1n) is 7.94. The van der Waals surface area contributed by atoms with E-state index >= 15 is 0 Å². The predicted octanol–water partition coefficient (Wildman–Crippen LogP) is 1.68. The lowest BCUT2D eigenvalue weighted by Crippen LogP contribution is -2.43. The molecule has 3 heteroatoms. The zero-order valence-electron chi connectivity index (χ0n) is 11.5. The molecule has 19 heavy (non-hydrogen) atoms. The third-order valence-electron chi connectivity index (χ3n) is 7.85. The normalized spacial score (nSPS) is 64.5. The number of rotatable bonds is 0. The standard InChI is InChI=1S/C16H21NO2/c1-5-6(2)8-3-7(5)11-9-4-10(12(8)11)14-13(9)15(18)17-16(14)19/h5-14H,3-4H2,1-2H3,(H,17,18,19). The first-order valence-corrected chi connectivity index (χ1v) is 7.94. The molecular weight excluding hydrogens is 238 g/mol. The summed E-state index contributed by atoms with van der Waals surface area (Å²) in [6.45, 7) is 4.82. The number of carbonyl (C=O) groups excluding carboxylic acids is 2. The number of nitrogens with one attached hydrogen (secondary N) is 1. The van der Waals surface area contributed by atoms with Gasteiger partial charge in [0.05, 0.1) is 11.8 Å². The molecule has 4 bridgehead atoms. The Balaban J connectivity index is 1.59. The van der Waals surface area contributed by atoms with Crippen LogP contribution in [-0.2, 0) is 9.59 Å². The van der Waals surface area contributed by atoms with E-state index in [0.29, 0.717) is 11.8 Å². The van der Waals surface area contributed by atoms with Gasteiger partial charge in [-0.3, -0.25) is 14.9 Å². The number of carbonyl (C=O) groups is 2. The van der Waals surface area contributed by atoms with Crippen LogP contribution in [0.1, 0.15) is 26.7 Å². The van der Waals surface area contributed by atoms with Gasteiger partial charge in [0, 0.05) is 0 Å². The van der Waals surface area contributed by atoms with Gasteiger partial charge in [-0.05, 0) is 60.2 Å². The molecule has 4 saturated carbocycles. The van der Waals surface area contributed by atoms with Gasteiger partial charge in [0.1, 0.15) is 0 Å². The van der Waals surface area contributed by atoms with E-state index in [4.69, 9.17) is 0 Å². The van der Waals surface area contributed by atoms with Crippen molar-refractivity contribution in [3.05, 3.63) is 0 Å². The maximum Gasteiger partial charge on any atom is 0.230 e. The van der Waals surface area contributed by atoms with E-state index in [2.05, 4.69) is 19.2 Å². The van der Waals surface area contributed by atoms with E-state index in [1.807, 2.05) is 0 Å². The maximum absolute atomic E-state index is 12.1. The highest BCUT2D eigenvalue weighted by Gasteiger charge is 2.72. The van der Waals surface area contributed by atoms with Gasteiger partial charge in [-0.1, -0.05) is 13.8 Å². The van der Waals surface area contributed by atoms with Crippen LogP contribution in [-0.4, -0.2) is 11.8 Å². The summed E-state index contributed by atoms with van der Waals surface area (Å²) in [5.74, 6) is 6.07. The van der Waals surface area contributed by atoms with Gasteiger partial charge in [-0.15, -0.1) is 0 Å². The Morgan fingerprint density at radius 3 is 1.68 bits per heavy atom. The lowest BCUT2D eigenvalue weighted by Gasteiger charge is -2.43. The molecule has 4 aliphatic carbocycles. The van der Waals surface area contributed by atoms with Crippen molar-refractivity contribution >= 4 is 11.8 Å². The SMILES string of the molecule is CC1C(C)C2CC1C1C3CC(C4C(=O)NC(=O)C34)C21. The predicted molar refractivity (Wildman–Crippen MR) is 68.6 cm³/mol. The van der Waals surface area contributed by atoms with E-state index in [1.165, 1.54) is 6.42 Å². The number of amides is 2. The van der Waals surface area contributed by atoms with Crippen LogP contribution in [0.5, 0.6) is 0 Å². The van der Waals surface area contributed by atoms with Crippen LogP contribution in [0.3, 0.4) is 0 Å². The van der Waals surface area contributed by atoms with Crippen LogP contribution in [0.25, 0.3) is 0 Å². The Bertz CT molecular complexity index is 459. The van der Waals surface area contributed by atoms with E-state index in [-0.39, 0.29) is 23.7 Å². The fourth-order valence-electron chi connectivity index (χ4n) is 7.25. The van der Waals surface area contributed by atoms with Gasteiger partial charge in [0.15, 0.2) is 0 Å². The van der Waals surface area contributed by atoms with Gasteiger partial charge in [0.2, 0.25) is 11.8 Å². The summed E-state index contributed by atoms with van der Waals surface area (Å²) >= 11 is 0. The molecule has 2 amide bonds. The third kappa shape index (κ3) is 0.985. The quantitative estimate of drug-likeness (QED) is 0.531. The fourth-order valence-corrected chi connectivity index (χ4v) is 7.25. The summed E-state index contributed by atoms with van der Waals surface area (Å²) in [6.07, 6.45) is 2.54. The second-order valence-electron chi connectivity index (χ2n) is 7.90. The Morgan fingerprint density at radius 1 is 0.789 bits per heavy atom. The van der Waals surface area contributed by atoms with E-state index < -0.39 is 0 Å². The molecule has 5 rings (SSSR count). The van der Waals surface area contributed by atoms with E-state index in [9.17, 15) is 9.59 Å². The topological polar surface area (TPSA) is 46.2 Å². The molecular formula is C16H21NO2. The molecule has 0 radical (unpaired) electrons. The second-order valence-corrected chi connectivity index (χ2v) is 7.90. The minimum atomic E-state index is 0.0422. The number of imide groups is 1. The van der Waals surface area contributed by atoms with Gasteiger partial charge < -0.3 is 0 Å². The van der Waals surface area contributed by atoms with Crippen molar-refractivity contribution in [3.63, 3.8) is 0 Å². The molecule has 3 nitrogen and oxygen atoms in total. The molecule has 0 aromatic rings. The molecule has 1 N–H and O–H groups in total. The monoisotopic (exact) mass is 259 g/mol. The van der Waals surface area contributed by atoms with Gasteiger partial charge >= 0.3 is 0 Å². The summed E-state index contributed by atoms with van der Waals surface area (Å²) in [6, 6.07) is 0. The largest absolute Gasteiger partial charge is 0.296 e. The van der Waals surface area contributed by atoms with Crippen molar-refractivity contribution in [1.82, 2.24) is 5.32 Å². The van der Waals surface area contributed by atoms with Crippen LogP contribution >= 0.6 is 0 Å². The molecule has 102 valence electrons. The fraction of sp³-hybridized carbons (Fsp3) is 0.875. The molecule has 1 aliphatic heterocycles. The van der Waals surface area contributed by atoms with E-state index in [1.54, 1.807) is 0 Å². The Labute approximate surface area is 113 Å². The highest BCUT2D eigenvalue weighted by atomic mass is 16.2.